The van der Waals surface area contributed by atoms with E-state index in [2.05, 4.69) is 61.8 Å². The lowest BCUT2D eigenvalue weighted by Gasteiger charge is -2.33. The molecule has 0 atom stereocenters. The Labute approximate surface area is 327 Å². The van der Waals surface area contributed by atoms with Gasteiger partial charge in [0.25, 0.3) is 11.8 Å². The quantitative estimate of drug-likeness (QED) is 0.0871. The zero-order valence-corrected chi connectivity index (χ0v) is 33.0. The number of rotatable bonds is 8. The topological polar surface area (TPSA) is 65.1 Å². The largest absolute Gasteiger partial charge is 0.497 e. The van der Waals surface area contributed by atoms with Crippen LogP contribution in [0.25, 0.3) is 43.1 Å². The van der Waals surface area contributed by atoms with E-state index in [1.54, 1.807) is 7.11 Å². The number of hydrogen-bond acceptors (Lipinski definition) is 5. The third kappa shape index (κ3) is 5.43. The van der Waals surface area contributed by atoms with Crippen molar-refractivity contribution in [3.63, 3.8) is 0 Å². The molecule has 6 nitrogen and oxygen atoms in total. The van der Waals surface area contributed by atoms with Crippen LogP contribution in [0.5, 0.6) is 28.7 Å². The van der Waals surface area contributed by atoms with Crippen molar-refractivity contribution in [2.75, 3.05) is 12.0 Å². The summed E-state index contributed by atoms with van der Waals surface area (Å²) >= 11 is 3.81. The summed E-state index contributed by atoms with van der Waals surface area (Å²) in [5.41, 5.74) is 4.39. The molecular weight excluding hydrogens is 750 g/mol. The number of ether oxygens (including phenoxy) is 3. The molecule has 0 spiro atoms. The normalized spacial score (nSPS) is 13.0. The van der Waals surface area contributed by atoms with Crippen molar-refractivity contribution in [2.45, 2.75) is 46.5 Å². The molecule has 0 N–H and O–H groups in total. The number of para-hydroxylation sites is 1. The summed E-state index contributed by atoms with van der Waals surface area (Å²) < 4.78 is 20.1. The number of methoxy groups -OCH3 is 1. The second-order valence-corrected chi connectivity index (χ2v) is 15.8. The molecule has 0 aromatic heterocycles. The first-order valence-corrected chi connectivity index (χ1v) is 19.3. The molecule has 0 radical (unpaired) electrons. The Morgan fingerprint density at radius 1 is 0.545 bits per heavy atom. The van der Waals surface area contributed by atoms with E-state index in [0.717, 1.165) is 58.9 Å². The zero-order chi connectivity index (χ0) is 38.3. The molecule has 0 saturated carbocycles. The van der Waals surface area contributed by atoms with Crippen molar-refractivity contribution in [3.8, 4) is 28.7 Å². The number of halogens is 1. The van der Waals surface area contributed by atoms with Gasteiger partial charge in [0.15, 0.2) is 0 Å². The Hall–Kier alpha value is -5.92. The summed E-state index contributed by atoms with van der Waals surface area (Å²) in [6, 6.07) is 35.3. The average Bonchev–Trinajstić information content (AvgIpc) is 3.18. The number of hydrogen-bond donors (Lipinski definition) is 0. The number of amides is 2. The molecule has 7 heteroatoms. The van der Waals surface area contributed by atoms with E-state index in [1.807, 2.05) is 97.9 Å². The van der Waals surface area contributed by atoms with Crippen molar-refractivity contribution in [1.82, 2.24) is 0 Å². The highest BCUT2D eigenvalue weighted by Crippen LogP contribution is 2.53. The maximum Gasteiger partial charge on any atom is 0.266 e. The van der Waals surface area contributed by atoms with Gasteiger partial charge in [0, 0.05) is 26.0 Å². The first-order chi connectivity index (χ1) is 26.5. The van der Waals surface area contributed by atoms with Gasteiger partial charge in [0.2, 0.25) is 0 Å². The summed E-state index contributed by atoms with van der Waals surface area (Å²) in [5, 5.41) is 6.83. The van der Waals surface area contributed by atoms with Gasteiger partial charge < -0.3 is 14.2 Å². The van der Waals surface area contributed by atoms with Crippen molar-refractivity contribution < 1.29 is 23.8 Å². The highest BCUT2D eigenvalue weighted by molar-refractivity contribution is 9.10. The Morgan fingerprint density at radius 2 is 1.04 bits per heavy atom. The average molecular weight is 789 g/mol. The third-order valence-electron chi connectivity index (χ3n) is 10.8. The minimum Gasteiger partial charge on any atom is -0.497 e. The fourth-order valence-corrected chi connectivity index (χ4v) is 8.68. The first-order valence-electron chi connectivity index (χ1n) is 18.5. The standard InChI is InChI=1S/C48H38BrNO5/c1-25(2)31-9-7-10-32(26(3)4)46(31)50-47(51)36-23-39(55-30-19-17-28(53-6)18-20-30)43-34-12-8-11-33-38(49)22-21-35(41(33)34)44-40(54-29-15-13-27(5)14-16-29)24-37(48(50)52)42(36)45(43)44/h7-26H,1-6H3. The smallest absolute Gasteiger partial charge is 0.266 e. The monoisotopic (exact) mass is 787 g/mol. The number of imide groups is 1. The third-order valence-corrected chi connectivity index (χ3v) is 11.5. The van der Waals surface area contributed by atoms with Crippen molar-refractivity contribution in [3.05, 3.63) is 141 Å². The van der Waals surface area contributed by atoms with E-state index < -0.39 is 5.91 Å². The summed E-state index contributed by atoms with van der Waals surface area (Å²) in [4.78, 5) is 31.9. The molecule has 0 aliphatic carbocycles. The summed E-state index contributed by atoms with van der Waals surface area (Å²) in [6.07, 6.45) is 0. The van der Waals surface area contributed by atoms with Crippen LogP contribution < -0.4 is 19.1 Å². The van der Waals surface area contributed by atoms with Crippen LogP contribution in [0.4, 0.5) is 5.69 Å². The molecule has 0 bridgehead atoms. The lowest BCUT2D eigenvalue weighted by molar-refractivity contribution is 0.0892. The van der Waals surface area contributed by atoms with Crippen LogP contribution in [0.1, 0.15) is 76.9 Å². The van der Waals surface area contributed by atoms with E-state index in [4.69, 9.17) is 14.2 Å². The molecule has 8 aromatic rings. The zero-order valence-electron chi connectivity index (χ0n) is 31.4. The van der Waals surface area contributed by atoms with Gasteiger partial charge in [0.05, 0.1) is 23.9 Å². The van der Waals surface area contributed by atoms with Gasteiger partial charge in [-0.15, -0.1) is 0 Å². The predicted molar refractivity (Wildman–Crippen MR) is 225 cm³/mol. The Bertz CT molecular complexity index is 2830. The lowest BCUT2D eigenvalue weighted by Crippen LogP contribution is -2.42. The Balaban J connectivity index is 1.44. The number of anilines is 1. The molecule has 2 amide bonds. The molecule has 1 heterocycles. The first kappa shape index (κ1) is 34.8. The minimum absolute atomic E-state index is 0.0526. The highest BCUT2D eigenvalue weighted by Gasteiger charge is 2.40. The summed E-state index contributed by atoms with van der Waals surface area (Å²) in [7, 11) is 1.63. The van der Waals surface area contributed by atoms with E-state index in [0.29, 0.717) is 50.9 Å². The van der Waals surface area contributed by atoms with Crippen LogP contribution in [0.3, 0.4) is 0 Å². The maximum atomic E-state index is 15.3. The molecule has 1 aliphatic heterocycles. The molecule has 9 rings (SSSR count). The van der Waals surface area contributed by atoms with Crippen molar-refractivity contribution in [1.29, 1.82) is 0 Å². The van der Waals surface area contributed by atoms with Crippen LogP contribution >= 0.6 is 15.9 Å². The number of aryl methyl sites for hydroxylation is 1. The SMILES string of the molecule is COc1ccc(Oc2cc3c4c(cc(Oc5ccc(C)cc5)c5c6ccc(Br)c7cccc(c2c45)c76)C(=O)N(c2c(C(C)C)cccc2C(C)C)C3=O)cc1. The van der Waals surface area contributed by atoms with E-state index in [1.165, 1.54) is 4.90 Å². The van der Waals surface area contributed by atoms with E-state index >= 15 is 9.59 Å². The molecule has 0 saturated heterocycles. The molecule has 272 valence electrons. The fraction of sp³-hybridized carbons (Fsp3) is 0.167. The molecule has 55 heavy (non-hydrogen) atoms. The van der Waals surface area contributed by atoms with E-state index in [9.17, 15) is 0 Å². The van der Waals surface area contributed by atoms with E-state index in [-0.39, 0.29) is 17.7 Å². The number of carbonyl (C=O) groups excluding carboxylic acids is 2. The number of nitrogens with zero attached hydrogens (tertiary/aromatic N) is 1. The van der Waals surface area contributed by atoms with Crippen LogP contribution in [0, 0.1) is 6.92 Å². The molecule has 8 aromatic carbocycles. The predicted octanol–water partition coefficient (Wildman–Crippen LogP) is 13.4. The number of carbonyl (C=O) groups is 2. The Morgan fingerprint density at radius 3 is 1.58 bits per heavy atom. The van der Waals surface area contributed by atoms with Crippen LogP contribution in [-0.2, 0) is 0 Å². The van der Waals surface area contributed by atoms with Crippen LogP contribution in [-0.4, -0.2) is 18.9 Å². The van der Waals surface area contributed by atoms with Crippen molar-refractivity contribution in [2.24, 2.45) is 0 Å². The highest BCUT2D eigenvalue weighted by atomic mass is 79.9. The number of benzene rings is 8. The lowest BCUT2D eigenvalue weighted by atomic mass is 9.83. The maximum absolute atomic E-state index is 15.3. The molecular formula is C48H38BrNO5. The molecule has 0 unspecified atom stereocenters. The van der Waals surface area contributed by atoms with Gasteiger partial charge in [0.1, 0.15) is 28.7 Å². The van der Waals surface area contributed by atoms with Crippen LogP contribution in [0.2, 0.25) is 0 Å². The fourth-order valence-electron chi connectivity index (χ4n) is 8.22. The summed E-state index contributed by atoms with van der Waals surface area (Å²) in [5.74, 6) is 2.25. The van der Waals surface area contributed by atoms with Gasteiger partial charge in [-0.1, -0.05) is 104 Å². The molecule has 0 fully saturated rings. The minimum atomic E-state index is -0.392. The van der Waals surface area contributed by atoms with Gasteiger partial charge in [-0.25, -0.2) is 4.90 Å². The van der Waals surface area contributed by atoms with Gasteiger partial charge in [-0.3, -0.25) is 9.59 Å². The van der Waals surface area contributed by atoms with Crippen LogP contribution in [0.15, 0.2) is 114 Å². The Kier molecular flexibility index (Phi) is 8.32. The van der Waals surface area contributed by atoms with Crippen molar-refractivity contribution >= 4 is 76.5 Å². The molecule has 1 aliphatic rings. The van der Waals surface area contributed by atoms with Gasteiger partial charge in [-0.05, 0) is 106 Å². The number of fused-ring (bicyclic) bond motifs is 2. The second-order valence-electron chi connectivity index (χ2n) is 14.9. The summed E-state index contributed by atoms with van der Waals surface area (Å²) in [6.45, 7) is 10.4. The van der Waals surface area contributed by atoms with Gasteiger partial charge >= 0.3 is 0 Å². The second kappa shape index (κ2) is 13.1. The van der Waals surface area contributed by atoms with Gasteiger partial charge in [-0.2, -0.15) is 0 Å².